The molecule has 2 aromatic rings. The highest BCUT2D eigenvalue weighted by molar-refractivity contribution is 7.15. The van der Waals surface area contributed by atoms with Crippen LogP contribution in [0.1, 0.15) is 60.5 Å². The predicted octanol–water partition coefficient (Wildman–Crippen LogP) is 3.15. The summed E-state index contributed by atoms with van der Waals surface area (Å²) in [5, 5.41) is 12.0. The summed E-state index contributed by atoms with van der Waals surface area (Å²) in [6.07, 6.45) is 2.16. The first kappa shape index (κ1) is 21.4. The Bertz CT molecular complexity index is 1040. The van der Waals surface area contributed by atoms with Crippen molar-refractivity contribution < 1.29 is 19.1 Å². The van der Waals surface area contributed by atoms with Crippen molar-refractivity contribution in [3.63, 3.8) is 0 Å². The van der Waals surface area contributed by atoms with E-state index in [1.165, 1.54) is 11.3 Å². The van der Waals surface area contributed by atoms with Gasteiger partial charge in [0.2, 0.25) is 16.9 Å². The Kier molecular flexibility index (Phi) is 5.79. The van der Waals surface area contributed by atoms with E-state index in [0.29, 0.717) is 35.8 Å². The van der Waals surface area contributed by atoms with Crippen LogP contribution in [0.25, 0.3) is 0 Å². The standard InChI is InChI=1S/C22H26N4O4S/c1-4-18-24-25-21(31-18)23-20(29)14(3)26-10-9-22(8-7-19(26)28)12-16(27)15-11-13(2)5-6-17(15)30-22/h5-6,11,14H,4,7-10,12H2,1-3H3,(H,23,25,29)/t14-,22-/m1/s1. The Hall–Kier alpha value is -2.81. The van der Waals surface area contributed by atoms with Gasteiger partial charge in [-0.2, -0.15) is 0 Å². The molecule has 8 nitrogen and oxygen atoms in total. The van der Waals surface area contributed by atoms with E-state index in [0.717, 1.165) is 17.0 Å². The van der Waals surface area contributed by atoms with E-state index in [1.54, 1.807) is 11.8 Å². The SMILES string of the molecule is CCc1nnc(NC(=O)[C@@H](C)N2CC[C@]3(CCC2=O)CC(=O)c2cc(C)ccc2O3)s1. The molecule has 2 aliphatic heterocycles. The number of amides is 2. The van der Waals surface area contributed by atoms with Gasteiger partial charge < -0.3 is 9.64 Å². The highest BCUT2D eigenvalue weighted by Gasteiger charge is 2.44. The van der Waals surface area contributed by atoms with Gasteiger partial charge in [0, 0.05) is 19.4 Å². The molecular formula is C22H26N4O4S. The second-order valence-electron chi connectivity index (χ2n) is 8.24. The maximum atomic E-state index is 12.8. The van der Waals surface area contributed by atoms with Gasteiger partial charge in [0.15, 0.2) is 5.78 Å². The summed E-state index contributed by atoms with van der Waals surface area (Å²) in [5.41, 5.74) is 0.902. The molecule has 0 bridgehead atoms. The Morgan fingerprint density at radius 1 is 1.32 bits per heavy atom. The number of hydrogen-bond acceptors (Lipinski definition) is 7. The largest absolute Gasteiger partial charge is 0.486 e. The van der Waals surface area contributed by atoms with Gasteiger partial charge in [-0.05, 0) is 38.8 Å². The Balaban J connectivity index is 1.46. The molecule has 0 unspecified atom stereocenters. The number of aromatic nitrogens is 2. The van der Waals surface area contributed by atoms with Gasteiger partial charge in [-0.1, -0.05) is 29.9 Å². The van der Waals surface area contributed by atoms with Gasteiger partial charge in [-0.3, -0.25) is 19.7 Å². The molecule has 1 aromatic carbocycles. The van der Waals surface area contributed by atoms with Crippen LogP contribution >= 0.6 is 11.3 Å². The first-order valence-electron chi connectivity index (χ1n) is 10.6. The third kappa shape index (κ3) is 4.32. The smallest absolute Gasteiger partial charge is 0.248 e. The van der Waals surface area contributed by atoms with Crippen molar-refractivity contribution in [1.82, 2.24) is 15.1 Å². The van der Waals surface area contributed by atoms with E-state index in [2.05, 4.69) is 15.5 Å². The van der Waals surface area contributed by atoms with Crippen molar-refractivity contribution in [2.45, 2.75) is 64.5 Å². The number of nitrogens with one attached hydrogen (secondary N) is 1. The quantitative estimate of drug-likeness (QED) is 0.781. The minimum Gasteiger partial charge on any atom is -0.486 e. The number of benzene rings is 1. The molecule has 4 rings (SSSR count). The summed E-state index contributed by atoms with van der Waals surface area (Å²) in [4.78, 5) is 39.9. The second-order valence-corrected chi connectivity index (χ2v) is 9.30. The normalized spacial score (nSPS) is 22.0. The lowest BCUT2D eigenvalue weighted by atomic mass is 9.84. The fraction of sp³-hybridized carbons (Fsp3) is 0.500. The van der Waals surface area contributed by atoms with E-state index >= 15 is 0 Å². The predicted molar refractivity (Wildman–Crippen MR) is 116 cm³/mol. The van der Waals surface area contributed by atoms with Crippen molar-refractivity contribution in [2.24, 2.45) is 0 Å². The molecule has 9 heteroatoms. The number of Topliss-reactive ketones (excluding diaryl/α,β-unsaturated/α-hetero) is 1. The topological polar surface area (TPSA) is 101 Å². The molecule has 2 amide bonds. The van der Waals surface area contributed by atoms with Crippen molar-refractivity contribution in [3.8, 4) is 5.75 Å². The Labute approximate surface area is 185 Å². The number of ether oxygens (including phenoxy) is 1. The van der Waals surface area contributed by atoms with Crippen molar-refractivity contribution in [1.29, 1.82) is 0 Å². The Morgan fingerprint density at radius 2 is 2.13 bits per heavy atom. The van der Waals surface area contributed by atoms with E-state index in [9.17, 15) is 14.4 Å². The molecule has 1 aromatic heterocycles. The van der Waals surface area contributed by atoms with Crippen molar-refractivity contribution in [2.75, 3.05) is 11.9 Å². The highest BCUT2D eigenvalue weighted by atomic mass is 32.1. The maximum Gasteiger partial charge on any atom is 0.248 e. The van der Waals surface area contributed by atoms with E-state index in [4.69, 9.17) is 4.74 Å². The van der Waals surface area contributed by atoms with Gasteiger partial charge in [-0.25, -0.2) is 0 Å². The molecule has 1 fully saturated rings. The van der Waals surface area contributed by atoms with Crippen LogP contribution in [-0.2, 0) is 16.0 Å². The number of carbonyl (C=O) groups excluding carboxylic acids is 3. The average molecular weight is 443 g/mol. The zero-order chi connectivity index (χ0) is 22.2. The molecule has 0 saturated carbocycles. The number of ketones is 1. The molecular weight excluding hydrogens is 416 g/mol. The van der Waals surface area contributed by atoms with E-state index < -0.39 is 11.6 Å². The maximum absolute atomic E-state index is 12.8. The molecule has 1 spiro atoms. The lowest BCUT2D eigenvalue weighted by Crippen LogP contribution is -2.46. The lowest BCUT2D eigenvalue weighted by Gasteiger charge is -2.37. The third-order valence-electron chi connectivity index (χ3n) is 6.01. The van der Waals surface area contributed by atoms with Gasteiger partial charge in [0.1, 0.15) is 22.4 Å². The van der Waals surface area contributed by atoms with Gasteiger partial charge in [0.05, 0.1) is 12.0 Å². The summed E-state index contributed by atoms with van der Waals surface area (Å²) in [7, 11) is 0. The fourth-order valence-corrected chi connectivity index (χ4v) is 4.83. The molecule has 31 heavy (non-hydrogen) atoms. The number of fused-ring (bicyclic) bond motifs is 1. The summed E-state index contributed by atoms with van der Waals surface area (Å²) < 4.78 is 6.30. The van der Waals surface area contributed by atoms with Crippen LogP contribution in [-0.4, -0.2) is 50.9 Å². The fourth-order valence-electron chi connectivity index (χ4n) is 4.15. The third-order valence-corrected chi connectivity index (χ3v) is 7.00. The molecule has 1 saturated heterocycles. The summed E-state index contributed by atoms with van der Waals surface area (Å²) in [5.74, 6) is 0.206. The summed E-state index contributed by atoms with van der Waals surface area (Å²) in [6.45, 7) is 5.96. The van der Waals surface area contributed by atoms with Gasteiger partial charge >= 0.3 is 0 Å². The van der Waals surface area contributed by atoms with Gasteiger partial charge in [-0.15, -0.1) is 10.2 Å². The molecule has 1 N–H and O–H groups in total. The summed E-state index contributed by atoms with van der Waals surface area (Å²) >= 11 is 1.33. The molecule has 164 valence electrons. The molecule has 3 heterocycles. The first-order valence-corrected chi connectivity index (χ1v) is 11.4. The average Bonchev–Trinajstić information content (AvgIpc) is 3.14. The molecule has 2 aliphatic rings. The number of likely N-dealkylation sites (tertiary alicyclic amines) is 1. The molecule has 2 atom stereocenters. The first-order chi connectivity index (χ1) is 14.8. The zero-order valence-electron chi connectivity index (χ0n) is 17.9. The van der Waals surface area contributed by atoms with Crippen LogP contribution in [0.2, 0.25) is 0 Å². The zero-order valence-corrected chi connectivity index (χ0v) is 18.8. The number of anilines is 1. The van der Waals surface area contributed by atoms with E-state index in [-0.39, 0.29) is 30.4 Å². The van der Waals surface area contributed by atoms with Crippen molar-refractivity contribution in [3.05, 3.63) is 34.3 Å². The molecule has 0 radical (unpaired) electrons. The minimum absolute atomic E-state index is 0.0413. The number of carbonyl (C=O) groups is 3. The Morgan fingerprint density at radius 3 is 2.87 bits per heavy atom. The van der Waals surface area contributed by atoms with Crippen LogP contribution in [0.4, 0.5) is 5.13 Å². The summed E-state index contributed by atoms with van der Waals surface area (Å²) in [6, 6.07) is 4.94. The van der Waals surface area contributed by atoms with Crippen molar-refractivity contribution >= 4 is 34.1 Å². The number of rotatable bonds is 4. The van der Waals surface area contributed by atoms with E-state index in [1.807, 2.05) is 32.0 Å². The number of aryl methyl sites for hydroxylation is 2. The number of nitrogens with zero attached hydrogens (tertiary/aromatic N) is 3. The van der Waals surface area contributed by atoms with Gasteiger partial charge in [0.25, 0.3) is 0 Å². The van der Waals surface area contributed by atoms with Crippen LogP contribution in [0.5, 0.6) is 5.75 Å². The lowest BCUT2D eigenvalue weighted by molar-refractivity contribution is -0.137. The highest BCUT2D eigenvalue weighted by Crippen LogP contribution is 2.40. The van der Waals surface area contributed by atoms with Crippen LogP contribution in [0, 0.1) is 6.92 Å². The molecule has 0 aliphatic carbocycles. The van der Waals surface area contributed by atoms with Crippen LogP contribution in [0.3, 0.4) is 0 Å². The van der Waals surface area contributed by atoms with Crippen LogP contribution in [0.15, 0.2) is 18.2 Å². The number of hydrogen-bond donors (Lipinski definition) is 1. The monoisotopic (exact) mass is 442 g/mol. The van der Waals surface area contributed by atoms with Crippen LogP contribution < -0.4 is 10.1 Å². The minimum atomic E-state index is -0.713. The second kappa shape index (κ2) is 8.37.